The number of nitrogens with zero attached hydrogens (tertiary/aromatic N) is 3. The van der Waals surface area contributed by atoms with Gasteiger partial charge >= 0.3 is 0 Å². The molecule has 0 atom stereocenters. The van der Waals surface area contributed by atoms with E-state index in [9.17, 15) is 4.79 Å². The molecule has 0 aliphatic carbocycles. The van der Waals surface area contributed by atoms with Gasteiger partial charge in [-0.25, -0.2) is 0 Å². The number of carbonyl (C=O) groups excluding carboxylic acids is 1. The van der Waals surface area contributed by atoms with E-state index in [0.717, 1.165) is 42.4 Å². The first-order chi connectivity index (χ1) is 16.2. The summed E-state index contributed by atoms with van der Waals surface area (Å²) in [6.45, 7) is 4.98. The molecule has 0 radical (unpaired) electrons. The van der Waals surface area contributed by atoms with Crippen LogP contribution in [0.2, 0.25) is 0 Å². The van der Waals surface area contributed by atoms with Gasteiger partial charge in [-0.05, 0) is 54.6 Å². The molecule has 2 aromatic carbocycles. The van der Waals surface area contributed by atoms with Gasteiger partial charge in [0.15, 0.2) is 0 Å². The fourth-order valence-electron chi connectivity index (χ4n) is 3.67. The van der Waals surface area contributed by atoms with Crippen LogP contribution in [0, 0.1) is 0 Å². The first-order valence-corrected chi connectivity index (χ1v) is 11.1. The highest BCUT2D eigenvalue weighted by atomic mass is 16.5. The molecule has 7 heteroatoms. The van der Waals surface area contributed by atoms with E-state index >= 15 is 0 Å². The molecule has 0 saturated carbocycles. The molecule has 33 heavy (non-hydrogen) atoms. The standard InChI is InChI=1S/C26H29N3O4/c1-31-23-8-10-24(11-9-23)32-18-17-28-13-15-29(16-14-28)26(30)22-4-6-25(7-5-22)33-20-21-3-2-12-27-19-21/h2-12,19H,13-18,20H2,1H3. The van der Waals surface area contributed by atoms with Crippen LogP contribution in [0.25, 0.3) is 0 Å². The number of ether oxygens (including phenoxy) is 3. The van der Waals surface area contributed by atoms with Crippen LogP contribution in [-0.4, -0.2) is 67.1 Å². The molecule has 4 rings (SSSR count). The van der Waals surface area contributed by atoms with Crippen molar-refractivity contribution in [3.63, 3.8) is 0 Å². The lowest BCUT2D eigenvalue weighted by Crippen LogP contribution is -2.49. The van der Waals surface area contributed by atoms with E-state index in [1.54, 1.807) is 19.5 Å². The number of hydrogen-bond acceptors (Lipinski definition) is 6. The van der Waals surface area contributed by atoms with E-state index < -0.39 is 0 Å². The number of amides is 1. The van der Waals surface area contributed by atoms with Crippen LogP contribution in [-0.2, 0) is 6.61 Å². The van der Waals surface area contributed by atoms with E-state index in [1.807, 2.05) is 65.6 Å². The predicted octanol–water partition coefficient (Wildman–Crippen LogP) is 3.51. The number of hydrogen-bond donors (Lipinski definition) is 0. The van der Waals surface area contributed by atoms with Gasteiger partial charge < -0.3 is 19.1 Å². The third kappa shape index (κ3) is 6.46. The van der Waals surface area contributed by atoms with Crippen molar-refractivity contribution < 1.29 is 19.0 Å². The van der Waals surface area contributed by atoms with Crippen LogP contribution in [0.5, 0.6) is 17.2 Å². The second-order valence-corrected chi connectivity index (χ2v) is 7.83. The number of methoxy groups -OCH3 is 1. The lowest BCUT2D eigenvalue weighted by atomic mass is 10.1. The van der Waals surface area contributed by atoms with E-state index in [-0.39, 0.29) is 5.91 Å². The average molecular weight is 448 g/mol. The Labute approximate surface area is 194 Å². The molecule has 1 aliphatic heterocycles. The lowest BCUT2D eigenvalue weighted by Gasteiger charge is -2.34. The Kier molecular flexibility index (Phi) is 7.76. The summed E-state index contributed by atoms with van der Waals surface area (Å²) in [5.74, 6) is 2.44. The van der Waals surface area contributed by atoms with Crippen molar-refractivity contribution in [1.82, 2.24) is 14.8 Å². The van der Waals surface area contributed by atoms with E-state index in [0.29, 0.717) is 31.9 Å². The number of pyridine rings is 1. The van der Waals surface area contributed by atoms with Crippen molar-refractivity contribution in [3.8, 4) is 17.2 Å². The Morgan fingerprint density at radius 3 is 2.21 bits per heavy atom. The van der Waals surface area contributed by atoms with Crippen LogP contribution in [0.15, 0.2) is 73.1 Å². The molecule has 1 amide bonds. The zero-order valence-corrected chi connectivity index (χ0v) is 18.9. The van der Waals surface area contributed by atoms with Crippen LogP contribution in [0.1, 0.15) is 15.9 Å². The minimum Gasteiger partial charge on any atom is -0.497 e. The van der Waals surface area contributed by atoms with Crippen molar-refractivity contribution in [2.45, 2.75) is 6.61 Å². The number of aromatic nitrogens is 1. The topological polar surface area (TPSA) is 64.1 Å². The molecule has 2 heterocycles. The van der Waals surface area contributed by atoms with Crippen LogP contribution in [0.4, 0.5) is 0 Å². The van der Waals surface area contributed by atoms with Gasteiger partial charge in [-0.1, -0.05) is 6.07 Å². The fraction of sp³-hybridized carbons (Fsp3) is 0.308. The quantitative estimate of drug-likeness (QED) is 0.500. The van der Waals surface area contributed by atoms with Gasteiger partial charge in [-0.15, -0.1) is 0 Å². The monoisotopic (exact) mass is 447 g/mol. The highest BCUT2D eigenvalue weighted by Gasteiger charge is 2.22. The minimum atomic E-state index is 0.0583. The van der Waals surface area contributed by atoms with E-state index in [1.165, 1.54) is 0 Å². The molecular weight excluding hydrogens is 418 g/mol. The van der Waals surface area contributed by atoms with Crippen molar-refractivity contribution in [3.05, 3.63) is 84.2 Å². The first kappa shape index (κ1) is 22.6. The molecule has 0 N–H and O–H groups in total. The zero-order chi connectivity index (χ0) is 22.9. The Balaban J connectivity index is 1.18. The molecule has 7 nitrogen and oxygen atoms in total. The molecular formula is C26H29N3O4. The maximum atomic E-state index is 12.9. The van der Waals surface area contributed by atoms with Gasteiger partial charge in [-0.2, -0.15) is 0 Å². The number of benzene rings is 2. The van der Waals surface area contributed by atoms with Crippen molar-refractivity contribution >= 4 is 5.91 Å². The third-order valence-corrected chi connectivity index (χ3v) is 5.62. The van der Waals surface area contributed by atoms with Crippen LogP contribution in [0.3, 0.4) is 0 Å². The summed E-state index contributed by atoms with van der Waals surface area (Å²) in [6.07, 6.45) is 3.52. The smallest absolute Gasteiger partial charge is 0.253 e. The Morgan fingerprint density at radius 2 is 1.55 bits per heavy atom. The third-order valence-electron chi connectivity index (χ3n) is 5.62. The lowest BCUT2D eigenvalue weighted by molar-refractivity contribution is 0.0620. The van der Waals surface area contributed by atoms with Gasteiger partial charge in [0.2, 0.25) is 0 Å². The first-order valence-electron chi connectivity index (χ1n) is 11.1. The van der Waals surface area contributed by atoms with Crippen LogP contribution >= 0.6 is 0 Å². The Bertz CT molecular complexity index is 1000. The summed E-state index contributed by atoms with van der Waals surface area (Å²) < 4.78 is 16.8. The SMILES string of the molecule is COc1ccc(OCCN2CCN(C(=O)c3ccc(OCc4cccnc4)cc3)CC2)cc1. The maximum absolute atomic E-state index is 12.9. The average Bonchev–Trinajstić information content (AvgIpc) is 2.89. The summed E-state index contributed by atoms with van der Waals surface area (Å²) in [5, 5.41) is 0. The summed E-state index contributed by atoms with van der Waals surface area (Å²) >= 11 is 0. The molecule has 1 fully saturated rings. The van der Waals surface area contributed by atoms with Crippen molar-refractivity contribution in [2.24, 2.45) is 0 Å². The van der Waals surface area contributed by atoms with Gasteiger partial charge in [0, 0.05) is 56.2 Å². The Hall–Kier alpha value is -3.58. The van der Waals surface area contributed by atoms with Gasteiger partial charge in [0.25, 0.3) is 5.91 Å². The Morgan fingerprint density at radius 1 is 0.879 bits per heavy atom. The van der Waals surface area contributed by atoms with Gasteiger partial charge in [0.05, 0.1) is 7.11 Å². The largest absolute Gasteiger partial charge is 0.497 e. The molecule has 0 spiro atoms. The summed E-state index contributed by atoms with van der Waals surface area (Å²) in [7, 11) is 1.65. The second kappa shape index (κ2) is 11.3. The highest BCUT2D eigenvalue weighted by molar-refractivity contribution is 5.94. The summed E-state index contributed by atoms with van der Waals surface area (Å²) in [5.41, 5.74) is 1.69. The summed E-state index contributed by atoms with van der Waals surface area (Å²) in [6, 6.07) is 18.8. The van der Waals surface area contributed by atoms with Gasteiger partial charge in [-0.3, -0.25) is 14.7 Å². The molecule has 1 aromatic heterocycles. The normalized spacial score (nSPS) is 14.0. The van der Waals surface area contributed by atoms with E-state index in [2.05, 4.69) is 9.88 Å². The van der Waals surface area contributed by atoms with Crippen molar-refractivity contribution in [2.75, 3.05) is 46.4 Å². The zero-order valence-electron chi connectivity index (χ0n) is 18.9. The molecule has 1 aliphatic rings. The second-order valence-electron chi connectivity index (χ2n) is 7.83. The van der Waals surface area contributed by atoms with Gasteiger partial charge in [0.1, 0.15) is 30.5 Å². The van der Waals surface area contributed by atoms with Crippen molar-refractivity contribution in [1.29, 1.82) is 0 Å². The van der Waals surface area contributed by atoms with E-state index in [4.69, 9.17) is 14.2 Å². The minimum absolute atomic E-state index is 0.0583. The predicted molar refractivity (Wildman–Crippen MR) is 126 cm³/mol. The molecule has 172 valence electrons. The number of piperazine rings is 1. The molecule has 3 aromatic rings. The number of rotatable bonds is 9. The highest BCUT2D eigenvalue weighted by Crippen LogP contribution is 2.18. The maximum Gasteiger partial charge on any atom is 0.253 e. The molecule has 1 saturated heterocycles. The summed E-state index contributed by atoms with van der Waals surface area (Å²) in [4.78, 5) is 21.2. The molecule has 0 bridgehead atoms. The fourth-order valence-corrected chi connectivity index (χ4v) is 3.67. The number of carbonyl (C=O) groups is 1. The van der Waals surface area contributed by atoms with Crippen LogP contribution < -0.4 is 14.2 Å². The molecule has 0 unspecified atom stereocenters.